The summed E-state index contributed by atoms with van der Waals surface area (Å²) in [5.41, 5.74) is 12.7. The molecular formula is C16H12ClN3O3. The summed E-state index contributed by atoms with van der Waals surface area (Å²) in [6.07, 6.45) is 0.688. The zero-order valence-electron chi connectivity index (χ0n) is 11.8. The molecule has 0 aliphatic heterocycles. The molecule has 0 radical (unpaired) electrons. The molecule has 3 aromatic rings. The minimum Gasteiger partial charge on any atom is -0.366 e. The molecule has 0 saturated carbocycles. The molecule has 0 bridgehead atoms. The first-order valence-electron chi connectivity index (χ1n) is 6.65. The first-order chi connectivity index (χ1) is 11.0. The highest BCUT2D eigenvalue weighted by atomic mass is 35.5. The van der Waals surface area contributed by atoms with Gasteiger partial charge in [0.05, 0.1) is 11.7 Å². The number of nitrogens with two attached hydrogens (primary N) is 2. The van der Waals surface area contributed by atoms with Gasteiger partial charge in [-0.3, -0.25) is 4.79 Å². The summed E-state index contributed by atoms with van der Waals surface area (Å²) in [6.45, 7) is 0. The van der Waals surface area contributed by atoms with E-state index in [1.165, 1.54) is 10.8 Å². The topological polar surface area (TPSA) is 100 Å². The molecule has 6 nitrogen and oxygen atoms in total. The van der Waals surface area contributed by atoms with Crippen LogP contribution in [0.1, 0.15) is 10.4 Å². The highest BCUT2D eigenvalue weighted by Gasteiger charge is 2.15. The maximum Gasteiger partial charge on any atom is 0.429 e. The first-order valence-corrected chi connectivity index (χ1v) is 7.03. The van der Waals surface area contributed by atoms with Crippen LogP contribution in [0.3, 0.4) is 0 Å². The van der Waals surface area contributed by atoms with E-state index in [0.29, 0.717) is 21.7 Å². The molecule has 0 fully saturated rings. The van der Waals surface area contributed by atoms with Gasteiger partial charge in [0.2, 0.25) is 5.91 Å². The van der Waals surface area contributed by atoms with Gasteiger partial charge in [0.25, 0.3) is 0 Å². The standard InChI is InChI=1S/C16H12ClN3O3/c17-13-7-9(15(18)21)5-6-10(13)12-8-20(23-16(19)22)14-4-2-1-3-11(12)14/h1-8H,(H2,18,21)(H2,19,22). The van der Waals surface area contributed by atoms with Crippen LogP contribution in [0, 0.1) is 0 Å². The smallest absolute Gasteiger partial charge is 0.366 e. The Morgan fingerprint density at radius 3 is 2.43 bits per heavy atom. The van der Waals surface area contributed by atoms with Gasteiger partial charge in [0.15, 0.2) is 0 Å². The van der Waals surface area contributed by atoms with Gasteiger partial charge >= 0.3 is 6.09 Å². The lowest BCUT2D eigenvalue weighted by molar-refractivity contribution is 0.1000. The van der Waals surface area contributed by atoms with Crippen molar-refractivity contribution in [2.45, 2.75) is 0 Å². The number of aromatic nitrogens is 1. The van der Waals surface area contributed by atoms with Gasteiger partial charge in [-0.15, -0.1) is 0 Å². The highest BCUT2D eigenvalue weighted by Crippen LogP contribution is 2.35. The summed E-state index contributed by atoms with van der Waals surface area (Å²) in [6, 6.07) is 12.1. The normalized spacial score (nSPS) is 10.7. The van der Waals surface area contributed by atoms with Gasteiger partial charge in [-0.25, -0.2) is 4.79 Å². The Bertz CT molecular complexity index is 933. The summed E-state index contributed by atoms with van der Waals surface area (Å²) in [4.78, 5) is 27.2. The van der Waals surface area contributed by atoms with Crippen LogP contribution in [0.15, 0.2) is 48.7 Å². The predicted octanol–water partition coefficient (Wildman–Crippen LogP) is 2.57. The average Bonchev–Trinajstić information content (AvgIpc) is 2.85. The van der Waals surface area contributed by atoms with Crippen molar-refractivity contribution >= 4 is 34.5 Å². The lowest BCUT2D eigenvalue weighted by Gasteiger charge is -2.04. The van der Waals surface area contributed by atoms with Crippen molar-refractivity contribution in [3.63, 3.8) is 0 Å². The summed E-state index contributed by atoms with van der Waals surface area (Å²) in [5.74, 6) is -0.557. The minimum absolute atomic E-state index is 0.316. The molecule has 116 valence electrons. The van der Waals surface area contributed by atoms with E-state index in [-0.39, 0.29) is 0 Å². The molecule has 23 heavy (non-hydrogen) atoms. The number of rotatable bonds is 3. The van der Waals surface area contributed by atoms with Crippen molar-refractivity contribution in [1.82, 2.24) is 4.73 Å². The lowest BCUT2D eigenvalue weighted by atomic mass is 10.0. The van der Waals surface area contributed by atoms with E-state index < -0.39 is 12.0 Å². The van der Waals surface area contributed by atoms with Gasteiger partial charge in [0, 0.05) is 27.1 Å². The fraction of sp³-hybridized carbons (Fsp3) is 0. The number of primary amides is 2. The number of hydrogen-bond donors (Lipinski definition) is 2. The maximum atomic E-state index is 11.2. The average molecular weight is 330 g/mol. The Balaban J connectivity index is 2.20. The van der Waals surface area contributed by atoms with E-state index in [1.54, 1.807) is 24.4 Å². The Hall–Kier alpha value is -2.99. The third kappa shape index (κ3) is 2.72. The van der Waals surface area contributed by atoms with Crippen LogP contribution in [0.5, 0.6) is 0 Å². The summed E-state index contributed by atoms with van der Waals surface area (Å²) >= 11 is 6.27. The summed E-state index contributed by atoms with van der Waals surface area (Å²) in [5, 5.41) is 1.19. The largest absolute Gasteiger partial charge is 0.429 e. The molecule has 0 atom stereocenters. The van der Waals surface area contributed by atoms with Crippen molar-refractivity contribution in [3.05, 3.63) is 59.2 Å². The zero-order valence-corrected chi connectivity index (χ0v) is 12.6. The van der Waals surface area contributed by atoms with E-state index in [1.807, 2.05) is 18.2 Å². The molecule has 0 unspecified atom stereocenters. The van der Waals surface area contributed by atoms with Gasteiger partial charge in [-0.2, -0.15) is 4.73 Å². The SMILES string of the molecule is NC(=O)On1cc(-c2ccc(C(N)=O)cc2Cl)c2ccccc21. The molecule has 0 saturated heterocycles. The number of para-hydroxylation sites is 1. The zero-order chi connectivity index (χ0) is 16.6. The van der Waals surface area contributed by atoms with E-state index in [4.69, 9.17) is 27.9 Å². The van der Waals surface area contributed by atoms with E-state index in [9.17, 15) is 9.59 Å². The molecule has 2 amide bonds. The Kier molecular flexibility index (Phi) is 3.67. The van der Waals surface area contributed by atoms with Crippen molar-refractivity contribution in [3.8, 4) is 11.1 Å². The molecule has 4 N–H and O–H groups in total. The van der Waals surface area contributed by atoms with Crippen LogP contribution in [0.4, 0.5) is 4.79 Å². The second-order valence-electron chi connectivity index (χ2n) is 4.85. The first kappa shape index (κ1) is 14.9. The van der Waals surface area contributed by atoms with Crippen LogP contribution < -0.4 is 16.3 Å². The van der Waals surface area contributed by atoms with Gasteiger partial charge in [-0.1, -0.05) is 35.9 Å². The Morgan fingerprint density at radius 2 is 1.78 bits per heavy atom. The van der Waals surface area contributed by atoms with E-state index in [2.05, 4.69) is 0 Å². The summed E-state index contributed by atoms with van der Waals surface area (Å²) < 4.78 is 1.28. The van der Waals surface area contributed by atoms with Crippen molar-refractivity contribution < 1.29 is 14.4 Å². The predicted molar refractivity (Wildman–Crippen MR) is 87.1 cm³/mol. The molecule has 0 spiro atoms. The number of carbonyl (C=O) groups excluding carboxylic acids is 2. The van der Waals surface area contributed by atoms with Crippen LogP contribution in [-0.4, -0.2) is 16.7 Å². The molecule has 0 aliphatic carbocycles. The highest BCUT2D eigenvalue weighted by molar-refractivity contribution is 6.34. The van der Waals surface area contributed by atoms with Gasteiger partial charge < -0.3 is 16.3 Å². The monoisotopic (exact) mass is 329 g/mol. The van der Waals surface area contributed by atoms with Crippen LogP contribution >= 0.6 is 11.6 Å². The molecular weight excluding hydrogens is 318 g/mol. The quantitative estimate of drug-likeness (QED) is 0.772. The molecule has 2 aromatic carbocycles. The van der Waals surface area contributed by atoms with Crippen LogP contribution in [0.2, 0.25) is 5.02 Å². The number of nitrogens with zero attached hydrogens (tertiary/aromatic N) is 1. The fourth-order valence-electron chi connectivity index (χ4n) is 2.42. The molecule has 1 heterocycles. The second kappa shape index (κ2) is 5.66. The number of benzene rings is 2. The van der Waals surface area contributed by atoms with Gasteiger partial charge in [0.1, 0.15) is 0 Å². The number of carbonyl (C=O) groups is 2. The molecule has 1 aromatic heterocycles. The van der Waals surface area contributed by atoms with Crippen molar-refractivity contribution in [1.29, 1.82) is 0 Å². The second-order valence-corrected chi connectivity index (χ2v) is 5.26. The Morgan fingerprint density at radius 1 is 1.04 bits per heavy atom. The van der Waals surface area contributed by atoms with E-state index in [0.717, 1.165) is 10.9 Å². The summed E-state index contributed by atoms with van der Waals surface area (Å²) in [7, 11) is 0. The minimum atomic E-state index is -0.924. The van der Waals surface area contributed by atoms with Crippen LogP contribution in [0.25, 0.3) is 22.0 Å². The number of fused-ring (bicyclic) bond motifs is 1. The maximum absolute atomic E-state index is 11.2. The number of halogens is 1. The molecule has 0 aliphatic rings. The van der Waals surface area contributed by atoms with Crippen LogP contribution in [-0.2, 0) is 0 Å². The van der Waals surface area contributed by atoms with E-state index >= 15 is 0 Å². The van der Waals surface area contributed by atoms with Crippen molar-refractivity contribution in [2.75, 3.05) is 0 Å². The van der Waals surface area contributed by atoms with Crippen molar-refractivity contribution in [2.24, 2.45) is 11.5 Å². The van der Waals surface area contributed by atoms with Gasteiger partial charge in [-0.05, 0) is 18.2 Å². The fourth-order valence-corrected chi connectivity index (χ4v) is 2.71. The molecule has 3 rings (SSSR count). The number of amides is 2. The number of hydrogen-bond acceptors (Lipinski definition) is 3. The lowest BCUT2D eigenvalue weighted by Crippen LogP contribution is -2.24. The molecule has 7 heteroatoms. The Labute approximate surface area is 136 Å². The third-order valence-electron chi connectivity index (χ3n) is 3.41. The third-order valence-corrected chi connectivity index (χ3v) is 3.72.